The molecule has 0 unspecified atom stereocenters. The number of ketones is 1. The first-order chi connectivity index (χ1) is 8.63. The minimum Gasteiger partial charge on any atom is -0.311 e. The average molecular weight is 263 g/mol. The molecule has 0 atom stereocenters. The fourth-order valence-electron chi connectivity index (χ4n) is 1.98. The molecule has 0 spiro atoms. The van der Waals surface area contributed by atoms with E-state index in [1.54, 1.807) is 13.0 Å². The number of unbranched alkanes of at least 4 members (excludes halogenated alkanes) is 1. The van der Waals surface area contributed by atoms with Gasteiger partial charge in [0.1, 0.15) is 0 Å². The van der Waals surface area contributed by atoms with Gasteiger partial charge in [0.05, 0.1) is 11.4 Å². The third-order valence-electron chi connectivity index (χ3n) is 3.04. The van der Waals surface area contributed by atoms with Crippen LogP contribution in [-0.4, -0.2) is 24.0 Å². The molecule has 0 saturated carbocycles. The molecule has 0 N–H and O–H groups in total. The lowest BCUT2D eigenvalue weighted by Gasteiger charge is -2.29. The third kappa shape index (κ3) is 2.58. The highest BCUT2D eigenvalue weighted by Crippen LogP contribution is 2.36. The first-order valence-electron chi connectivity index (χ1n) is 6.21. The van der Waals surface area contributed by atoms with E-state index >= 15 is 0 Å². The zero-order chi connectivity index (χ0) is 13.1. The lowest BCUT2D eigenvalue weighted by Crippen LogP contribution is -2.36. The molecule has 1 heterocycles. The molecule has 96 valence electrons. The molecule has 1 aromatic rings. The van der Waals surface area contributed by atoms with Crippen LogP contribution in [0.1, 0.15) is 37.0 Å². The van der Waals surface area contributed by atoms with Crippen molar-refractivity contribution < 1.29 is 9.59 Å². The summed E-state index contributed by atoms with van der Waals surface area (Å²) in [4.78, 5) is 26.2. The number of carbonyl (C=O) groups is 2. The van der Waals surface area contributed by atoms with E-state index in [9.17, 15) is 9.59 Å². The van der Waals surface area contributed by atoms with Gasteiger partial charge in [-0.05, 0) is 31.5 Å². The number of rotatable bonds is 4. The molecule has 0 fully saturated rings. The van der Waals surface area contributed by atoms with E-state index in [0.717, 1.165) is 30.0 Å². The Kier molecular flexibility index (Phi) is 4.07. The molecular weight excluding hydrogens is 246 g/mol. The first-order valence-corrected chi connectivity index (χ1v) is 7.20. The number of hydrogen-bond acceptors (Lipinski definition) is 3. The predicted molar refractivity (Wildman–Crippen MR) is 74.4 cm³/mol. The predicted octanol–water partition coefficient (Wildman–Crippen LogP) is 3.13. The van der Waals surface area contributed by atoms with Gasteiger partial charge in [0, 0.05) is 17.0 Å². The second-order valence-electron chi connectivity index (χ2n) is 4.43. The number of fused-ring (bicyclic) bond motifs is 1. The minimum atomic E-state index is 0.0652. The van der Waals surface area contributed by atoms with Crippen LogP contribution in [0.15, 0.2) is 23.1 Å². The van der Waals surface area contributed by atoms with Gasteiger partial charge in [-0.3, -0.25) is 9.59 Å². The molecule has 1 aliphatic heterocycles. The van der Waals surface area contributed by atoms with Crippen molar-refractivity contribution in [2.45, 2.75) is 31.6 Å². The van der Waals surface area contributed by atoms with Gasteiger partial charge < -0.3 is 4.90 Å². The van der Waals surface area contributed by atoms with Crippen LogP contribution >= 0.6 is 11.8 Å². The Hall–Kier alpha value is -1.29. The summed E-state index contributed by atoms with van der Waals surface area (Å²) in [5.41, 5.74) is 1.67. The van der Waals surface area contributed by atoms with Crippen molar-refractivity contribution in [2.75, 3.05) is 17.2 Å². The van der Waals surface area contributed by atoms with Gasteiger partial charge in [-0.15, -0.1) is 11.8 Å². The average Bonchev–Trinajstić information content (AvgIpc) is 2.37. The maximum absolute atomic E-state index is 11.9. The summed E-state index contributed by atoms with van der Waals surface area (Å²) in [5, 5.41) is 0. The monoisotopic (exact) mass is 263 g/mol. The Morgan fingerprint density at radius 2 is 2.22 bits per heavy atom. The fourth-order valence-corrected chi connectivity index (χ4v) is 2.96. The summed E-state index contributed by atoms with van der Waals surface area (Å²) in [6.07, 6.45) is 2.07. The number of Topliss-reactive ketones (excluding diaryl/α,β-unsaturated/α-hetero) is 1. The topological polar surface area (TPSA) is 37.4 Å². The minimum absolute atomic E-state index is 0.0652. The van der Waals surface area contributed by atoms with Crippen LogP contribution in [-0.2, 0) is 4.79 Å². The molecule has 0 radical (unpaired) electrons. The number of amides is 1. The summed E-state index contributed by atoms with van der Waals surface area (Å²) in [7, 11) is 0. The van der Waals surface area contributed by atoms with Gasteiger partial charge in [-0.1, -0.05) is 13.3 Å². The van der Waals surface area contributed by atoms with E-state index in [-0.39, 0.29) is 11.7 Å². The van der Waals surface area contributed by atoms with Crippen molar-refractivity contribution in [3.63, 3.8) is 0 Å². The standard InChI is InChI=1S/C14H17NO2S/c1-3-4-7-15-12-6-5-11(10(2)16)8-13(12)18-9-14(15)17/h5-6,8H,3-4,7,9H2,1-2H3. The Morgan fingerprint density at radius 1 is 1.44 bits per heavy atom. The molecule has 3 nitrogen and oxygen atoms in total. The van der Waals surface area contributed by atoms with E-state index < -0.39 is 0 Å². The van der Waals surface area contributed by atoms with Gasteiger partial charge in [-0.25, -0.2) is 0 Å². The van der Waals surface area contributed by atoms with E-state index in [2.05, 4.69) is 6.92 Å². The molecule has 1 aromatic carbocycles. The third-order valence-corrected chi connectivity index (χ3v) is 4.07. The fraction of sp³-hybridized carbons (Fsp3) is 0.429. The number of anilines is 1. The molecule has 2 rings (SSSR count). The molecule has 1 amide bonds. The summed E-state index contributed by atoms with van der Waals surface area (Å²) < 4.78 is 0. The van der Waals surface area contributed by atoms with Crippen LogP contribution in [0.25, 0.3) is 0 Å². The Morgan fingerprint density at radius 3 is 2.89 bits per heavy atom. The zero-order valence-electron chi connectivity index (χ0n) is 10.7. The van der Waals surface area contributed by atoms with Crippen molar-refractivity contribution in [1.82, 2.24) is 0 Å². The Balaban J connectivity index is 2.32. The second kappa shape index (κ2) is 5.57. The van der Waals surface area contributed by atoms with Crippen molar-refractivity contribution in [1.29, 1.82) is 0 Å². The molecule has 0 saturated heterocycles. The smallest absolute Gasteiger partial charge is 0.237 e. The highest BCUT2D eigenvalue weighted by molar-refractivity contribution is 8.00. The van der Waals surface area contributed by atoms with Crippen LogP contribution in [0.2, 0.25) is 0 Å². The van der Waals surface area contributed by atoms with Crippen LogP contribution in [0.4, 0.5) is 5.69 Å². The largest absolute Gasteiger partial charge is 0.311 e. The number of nitrogens with zero attached hydrogens (tertiary/aromatic N) is 1. The number of carbonyl (C=O) groups excluding carboxylic acids is 2. The van der Waals surface area contributed by atoms with Gasteiger partial charge >= 0.3 is 0 Å². The molecule has 18 heavy (non-hydrogen) atoms. The SMILES string of the molecule is CCCCN1C(=O)CSc2cc(C(C)=O)ccc21. The van der Waals surface area contributed by atoms with E-state index in [0.29, 0.717) is 11.3 Å². The number of hydrogen-bond donors (Lipinski definition) is 0. The Bertz CT molecular complexity index is 485. The zero-order valence-corrected chi connectivity index (χ0v) is 11.5. The van der Waals surface area contributed by atoms with Crippen molar-refractivity contribution in [3.8, 4) is 0 Å². The lowest BCUT2D eigenvalue weighted by molar-refractivity contribution is -0.116. The van der Waals surface area contributed by atoms with Gasteiger partial charge in [0.25, 0.3) is 0 Å². The van der Waals surface area contributed by atoms with Gasteiger partial charge in [0.2, 0.25) is 5.91 Å². The molecule has 0 aliphatic carbocycles. The summed E-state index contributed by atoms with van der Waals surface area (Å²) in [6, 6.07) is 5.60. The second-order valence-corrected chi connectivity index (χ2v) is 5.44. The molecule has 0 aromatic heterocycles. The van der Waals surface area contributed by atoms with E-state index in [4.69, 9.17) is 0 Å². The number of thioether (sulfide) groups is 1. The maximum atomic E-state index is 11.9. The van der Waals surface area contributed by atoms with Gasteiger partial charge in [0.15, 0.2) is 5.78 Å². The molecule has 1 aliphatic rings. The van der Waals surface area contributed by atoms with Crippen LogP contribution in [0.5, 0.6) is 0 Å². The molecule has 0 bridgehead atoms. The van der Waals surface area contributed by atoms with Crippen molar-refractivity contribution >= 4 is 29.1 Å². The molecular formula is C14H17NO2S. The van der Waals surface area contributed by atoms with Crippen molar-refractivity contribution in [3.05, 3.63) is 23.8 Å². The highest BCUT2D eigenvalue weighted by atomic mass is 32.2. The maximum Gasteiger partial charge on any atom is 0.237 e. The number of benzene rings is 1. The van der Waals surface area contributed by atoms with Gasteiger partial charge in [-0.2, -0.15) is 0 Å². The van der Waals surface area contributed by atoms with E-state index in [1.165, 1.54) is 11.8 Å². The normalized spacial score (nSPS) is 14.6. The Labute approximate surface area is 112 Å². The summed E-state index contributed by atoms with van der Waals surface area (Å²) in [5.74, 6) is 0.699. The highest BCUT2D eigenvalue weighted by Gasteiger charge is 2.24. The van der Waals surface area contributed by atoms with Crippen LogP contribution < -0.4 is 4.90 Å². The summed E-state index contributed by atoms with van der Waals surface area (Å²) >= 11 is 1.52. The lowest BCUT2D eigenvalue weighted by atomic mass is 10.1. The van der Waals surface area contributed by atoms with E-state index in [1.807, 2.05) is 17.0 Å². The first kappa shape index (κ1) is 13.1. The van der Waals surface area contributed by atoms with Crippen LogP contribution in [0, 0.1) is 0 Å². The quantitative estimate of drug-likeness (QED) is 0.783. The summed E-state index contributed by atoms with van der Waals surface area (Å²) in [6.45, 7) is 4.44. The van der Waals surface area contributed by atoms with Crippen LogP contribution in [0.3, 0.4) is 0 Å². The molecule has 4 heteroatoms. The van der Waals surface area contributed by atoms with Crippen molar-refractivity contribution in [2.24, 2.45) is 0 Å².